The fourth-order valence-electron chi connectivity index (χ4n) is 1.03. The van der Waals surface area contributed by atoms with Crippen LogP contribution in [0.1, 0.15) is 5.56 Å². The van der Waals surface area contributed by atoms with Gasteiger partial charge in [0.1, 0.15) is 5.75 Å². The van der Waals surface area contributed by atoms with Crippen LogP contribution in [-0.4, -0.2) is 13.0 Å². The van der Waals surface area contributed by atoms with Crippen molar-refractivity contribution in [1.29, 1.82) is 0 Å². The first-order valence-corrected chi connectivity index (χ1v) is 5.07. The highest BCUT2D eigenvalue weighted by atomic mass is 79.9. The fourth-order valence-corrected chi connectivity index (χ4v) is 1.59. The zero-order valence-electron chi connectivity index (χ0n) is 8.42. The summed E-state index contributed by atoms with van der Waals surface area (Å²) in [5.41, 5.74) is 8.83. The summed E-state index contributed by atoms with van der Waals surface area (Å²) >= 11 is 3.32. The Balaban J connectivity index is 2.86. The third kappa shape index (κ3) is 3.42. The van der Waals surface area contributed by atoms with Crippen LogP contribution in [0.5, 0.6) is 5.75 Å². The van der Waals surface area contributed by atoms with Gasteiger partial charge in [0.15, 0.2) is 0 Å². The van der Waals surface area contributed by atoms with Crippen LogP contribution in [0.15, 0.2) is 33.9 Å². The van der Waals surface area contributed by atoms with Crippen LogP contribution in [0.25, 0.3) is 16.5 Å². The van der Waals surface area contributed by atoms with Crippen molar-refractivity contribution >= 4 is 27.9 Å². The highest BCUT2D eigenvalue weighted by Gasteiger charge is 1.99. The molecule has 1 amide bonds. The van der Waals surface area contributed by atoms with Gasteiger partial charge in [-0.05, 0) is 50.3 Å². The Morgan fingerprint density at radius 1 is 1.62 bits per heavy atom. The Hall–Kier alpha value is -1.78. The molecule has 1 aromatic carbocycles. The fraction of sp³-hybridized carbons (Fsp3) is 0.100. The molecule has 0 aliphatic carbocycles. The van der Waals surface area contributed by atoms with Gasteiger partial charge >= 0.3 is 0 Å². The van der Waals surface area contributed by atoms with Gasteiger partial charge in [0.25, 0.3) is 0 Å². The Labute approximate surface area is 100 Å². The van der Waals surface area contributed by atoms with Crippen LogP contribution < -0.4 is 4.74 Å². The summed E-state index contributed by atoms with van der Waals surface area (Å²) in [4.78, 5) is 13.3. The van der Waals surface area contributed by atoms with Crippen molar-refractivity contribution in [2.75, 3.05) is 7.11 Å². The number of halogens is 1. The van der Waals surface area contributed by atoms with Crippen LogP contribution in [-0.2, 0) is 4.79 Å². The first kappa shape index (κ1) is 12.3. The van der Waals surface area contributed by atoms with Gasteiger partial charge in [0.05, 0.1) is 11.6 Å². The monoisotopic (exact) mass is 281 g/mol. The number of azide groups is 1. The second kappa shape index (κ2) is 5.95. The molecule has 82 valence electrons. The van der Waals surface area contributed by atoms with Crippen molar-refractivity contribution in [3.05, 3.63) is 44.8 Å². The average Bonchev–Trinajstić information content (AvgIpc) is 2.27. The average molecular weight is 282 g/mol. The molecule has 0 spiro atoms. The molecule has 0 unspecified atom stereocenters. The number of carbonyl (C=O) groups is 1. The molecule has 16 heavy (non-hydrogen) atoms. The van der Waals surface area contributed by atoms with E-state index in [1.807, 2.05) is 0 Å². The number of hydrogen-bond donors (Lipinski definition) is 0. The Morgan fingerprint density at radius 3 is 2.94 bits per heavy atom. The maximum atomic E-state index is 10.9. The van der Waals surface area contributed by atoms with Gasteiger partial charge in [-0.25, -0.2) is 0 Å². The van der Waals surface area contributed by atoms with Crippen LogP contribution in [0.4, 0.5) is 0 Å². The van der Waals surface area contributed by atoms with Crippen molar-refractivity contribution in [1.82, 2.24) is 0 Å². The molecule has 0 saturated heterocycles. The van der Waals surface area contributed by atoms with Crippen molar-refractivity contribution in [3.63, 3.8) is 0 Å². The highest BCUT2D eigenvalue weighted by molar-refractivity contribution is 9.10. The molecule has 0 fully saturated rings. The van der Waals surface area contributed by atoms with Gasteiger partial charge in [-0.15, -0.1) is 0 Å². The summed E-state index contributed by atoms with van der Waals surface area (Å²) in [5.74, 6) is 0.0768. The second-order valence-corrected chi connectivity index (χ2v) is 3.61. The smallest absolute Gasteiger partial charge is 0.242 e. The topological polar surface area (TPSA) is 75.1 Å². The van der Waals surface area contributed by atoms with Gasteiger partial charge < -0.3 is 4.74 Å². The van der Waals surface area contributed by atoms with Gasteiger partial charge in [0, 0.05) is 4.91 Å². The van der Waals surface area contributed by atoms with Crippen LogP contribution in [0.2, 0.25) is 0 Å². The predicted octanol–water partition coefficient (Wildman–Crippen LogP) is 3.31. The number of hydrogen-bond acceptors (Lipinski definition) is 2. The van der Waals surface area contributed by atoms with Crippen LogP contribution in [0.3, 0.4) is 0 Å². The quantitative estimate of drug-likeness (QED) is 0.369. The standard InChI is InChI=1S/C10H8BrN3O2/c1-16-9-4-2-7(6-8(9)11)3-5-10(15)13-14-12/h2-6H,1H3. The van der Waals surface area contributed by atoms with E-state index in [0.717, 1.165) is 10.0 Å². The van der Waals surface area contributed by atoms with Crippen molar-refractivity contribution in [3.8, 4) is 5.75 Å². The van der Waals surface area contributed by atoms with E-state index in [4.69, 9.17) is 10.3 Å². The summed E-state index contributed by atoms with van der Waals surface area (Å²) < 4.78 is 5.85. The molecule has 0 heterocycles. The lowest BCUT2D eigenvalue weighted by molar-refractivity contribution is -0.113. The number of methoxy groups -OCH3 is 1. The van der Waals surface area contributed by atoms with E-state index in [0.29, 0.717) is 5.75 Å². The lowest BCUT2D eigenvalue weighted by atomic mass is 10.2. The van der Waals surface area contributed by atoms with E-state index < -0.39 is 5.91 Å². The number of nitrogens with zero attached hydrogens (tertiary/aromatic N) is 3. The maximum Gasteiger partial charge on any atom is 0.242 e. The van der Waals surface area contributed by atoms with E-state index in [1.165, 1.54) is 6.08 Å². The number of benzene rings is 1. The molecular weight excluding hydrogens is 274 g/mol. The first-order chi connectivity index (χ1) is 7.67. The van der Waals surface area contributed by atoms with Crippen molar-refractivity contribution in [2.45, 2.75) is 0 Å². The maximum absolute atomic E-state index is 10.9. The highest BCUT2D eigenvalue weighted by Crippen LogP contribution is 2.25. The molecular formula is C10H8BrN3O2. The zero-order chi connectivity index (χ0) is 12.0. The minimum absolute atomic E-state index is 0.630. The largest absolute Gasteiger partial charge is 0.496 e. The summed E-state index contributed by atoms with van der Waals surface area (Å²) in [6, 6.07) is 5.34. The van der Waals surface area contributed by atoms with Crippen molar-refractivity contribution < 1.29 is 9.53 Å². The number of ether oxygens (including phenoxy) is 1. The lowest BCUT2D eigenvalue weighted by Crippen LogP contribution is -1.85. The SMILES string of the molecule is COc1ccc(C=CC(=O)N=[N+]=[N-])cc1Br. The van der Waals surface area contributed by atoms with Gasteiger partial charge in [-0.2, -0.15) is 0 Å². The molecule has 1 aromatic rings. The summed E-state index contributed by atoms with van der Waals surface area (Å²) in [7, 11) is 1.57. The molecule has 0 saturated carbocycles. The molecule has 5 nitrogen and oxygen atoms in total. The Morgan fingerprint density at radius 2 is 2.38 bits per heavy atom. The molecule has 0 bridgehead atoms. The minimum Gasteiger partial charge on any atom is -0.496 e. The van der Waals surface area contributed by atoms with E-state index in [-0.39, 0.29) is 0 Å². The third-order valence-electron chi connectivity index (χ3n) is 1.74. The normalized spacial score (nSPS) is 9.88. The molecule has 0 radical (unpaired) electrons. The molecule has 0 atom stereocenters. The number of amides is 1. The molecule has 1 rings (SSSR count). The second-order valence-electron chi connectivity index (χ2n) is 2.75. The Bertz CT molecular complexity index is 479. The predicted molar refractivity (Wildman–Crippen MR) is 63.9 cm³/mol. The first-order valence-electron chi connectivity index (χ1n) is 4.28. The van der Waals surface area contributed by atoms with E-state index in [1.54, 1.807) is 31.4 Å². The van der Waals surface area contributed by atoms with E-state index in [9.17, 15) is 4.79 Å². The number of rotatable bonds is 3. The Kier molecular flexibility index (Phi) is 4.57. The van der Waals surface area contributed by atoms with Crippen LogP contribution >= 0.6 is 15.9 Å². The summed E-state index contributed by atoms with van der Waals surface area (Å²) in [5, 5.41) is 2.91. The zero-order valence-corrected chi connectivity index (χ0v) is 10.0. The molecule has 0 aliphatic heterocycles. The lowest BCUT2D eigenvalue weighted by Gasteiger charge is -2.02. The molecule has 6 heteroatoms. The van der Waals surface area contributed by atoms with E-state index >= 15 is 0 Å². The van der Waals surface area contributed by atoms with Crippen molar-refractivity contribution in [2.24, 2.45) is 5.11 Å². The molecule has 0 aromatic heterocycles. The summed E-state index contributed by atoms with van der Waals surface area (Å²) in [6.45, 7) is 0. The van der Waals surface area contributed by atoms with Crippen LogP contribution in [0, 0.1) is 0 Å². The van der Waals surface area contributed by atoms with Gasteiger partial charge in [-0.3, -0.25) is 4.79 Å². The molecule has 0 aliphatic rings. The van der Waals surface area contributed by atoms with E-state index in [2.05, 4.69) is 26.0 Å². The number of carbonyl (C=O) groups excluding carboxylic acids is 1. The minimum atomic E-state index is -0.630. The van der Waals surface area contributed by atoms with Gasteiger partial charge in [0.2, 0.25) is 5.91 Å². The van der Waals surface area contributed by atoms with Gasteiger partial charge in [-0.1, -0.05) is 12.1 Å². The summed E-state index contributed by atoms with van der Waals surface area (Å²) in [6.07, 6.45) is 2.76. The third-order valence-corrected chi connectivity index (χ3v) is 2.36. The molecule has 0 N–H and O–H groups in total.